The molecule has 1 aliphatic carbocycles. The standard InChI is InChI=1S/C20H25ClN4O.ClH/c1-12-3-6-16(8-18(12)21)25-19(15-4-5-15)17(10-23-25)20(26)24-11-14(9-22)7-13(24)2;/h3,6,8,10,13-15H,4-5,7,9,11,22H2,1-2H3;1H. The van der Waals surface area contributed by atoms with Gasteiger partial charge in [0.05, 0.1) is 23.1 Å². The van der Waals surface area contributed by atoms with E-state index in [1.165, 1.54) is 0 Å². The van der Waals surface area contributed by atoms with Gasteiger partial charge in [-0.25, -0.2) is 4.68 Å². The molecule has 1 saturated carbocycles. The zero-order valence-electron chi connectivity index (χ0n) is 15.7. The van der Waals surface area contributed by atoms with Crippen LogP contribution in [0.1, 0.15) is 53.7 Å². The minimum absolute atomic E-state index is 0. The number of carbonyl (C=O) groups is 1. The van der Waals surface area contributed by atoms with Crippen molar-refractivity contribution in [1.29, 1.82) is 0 Å². The van der Waals surface area contributed by atoms with Crippen LogP contribution < -0.4 is 5.73 Å². The molecule has 1 aromatic heterocycles. The fraction of sp³-hybridized carbons (Fsp3) is 0.500. The van der Waals surface area contributed by atoms with E-state index in [0.29, 0.717) is 23.4 Å². The van der Waals surface area contributed by atoms with E-state index < -0.39 is 0 Å². The first-order valence-corrected chi connectivity index (χ1v) is 9.72. The average molecular weight is 409 g/mol. The van der Waals surface area contributed by atoms with E-state index in [1.54, 1.807) is 6.20 Å². The lowest BCUT2D eigenvalue weighted by Gasteiger charge is -2.22. The first kappa shape index (κ1) is 20.2. The second-order valence-electron chi connectivity index (χ2n) is 7.71. The first-order chi connectivity index (χ1) is 12.5. The molecular formula is C20H26Cl2N4O. The van der Waals surface area contributed by atoms with Crippen molar-refractivity contribution in [2.75, 3.05) is 13.1 Å². The third-order valence-electron chi connectivity index (χ3n) is 5.66. The van der Waals surface area contributed by atoms with E-state index in [1.807, 2.05) is 34.7 Å². The maximum Gasteiger partial charge on any atom is 0.257 e. The fourth-order valence-electron chi connectivity index (χ4n) is 3.94. The molecule has 2 fully saturated rings. The lowest BCUT2D eigenvalue weighted by Crippen LogP contribution is -2.34. The van der Waals surface area contributed by atoms with E-state index in [-0.39, 0.29) is 24.4 Å². The summed E-state index contributed by atoms with van der Waals surface area (Å²) in [4.78, 5) is 15.2. The normalized spacial score (nSPS) is 22.0. The lowest BCUT2D eigenvalue weighted by atomic mass is 10.1. The van der Waals surface area contributed by atoms with Gasteiger partial charge in [-0.05, 0) is 63.3 Å². The van der Waals surface area contributed by atoms with Gasteiger partial charge in [-0.2, -0.15) is 5.10 Å². The van der Waals surface area contributed by atoms with Crippen molar-refractivity contribution >= 4 is 29.9 Å². The molecule has 5 nitrogen and oxygen atoms in total. The fourth-order valence-corrected chi connectivity index (χ4v) is 4.12. The second-order valence-corrected chi connectivity index (χ2v) is 8.11. The van der Waals surface area contributed by atoms with Gasteiger partial charge in [0.2, 0.25) is 0 Å². The third kappa shape index (κ3) is 3.73. The molecule has 0 spiro atoms. The molecule has 1 aromatic carbocycles. The number of halogens is 2. The van der Waals surface area contributed by atoms with Gasteiger partial charge in [-0.15, -0.1) is 12.4 Å². The van der Waals surface area contributed by atoms with Crippen LogP contribution in [-0.2, 0) is 0 Å². The Bertz CT molecular complexity index is 847. The number of nitrogens with two attached hydrogens (primary N) is 1. The van der Waals surface area contributed by atoms with Crippen molar-refractivity contribution < 1.29 is 4.79 Å². The van der Waals surface area contributed by atoms with Crippen molar-refractivity contribution in [3.05, 3.63) is 46.2 Å². The van der Waals surface area contributed by atoms with Crippen molar-refractivity contribution in [2.24, 2.45) is 11.7 Å². The van der Waals surface area contributed by atoms with Gasteiger partial charge in [0.1, 0.15) is 0 Å². The molecule has 2 heterocycles. The molecule has 1 aliphatic heterocycles. The molecule has 146 valence electrons. The summed E-state index contributed by atoms with van der Waals surface area (Å²) in [7, 11) is 0. The van der Waals surface area contributed by atoms with Crippen LogP contribution in [0, 0.1) is 12.8 Å². The van der Waals surface area contributed by atoms with Crippen LogP contribution in [0.2, 0.25) is 5.02 Å². The second kappa shape index (κ2) is 7.82. The van der Waals surface area contributed by atoms with E-state index >= 15 is 0 Å². The van der Waals surface area contributed by atoms with E-state index in [0.717, 1.165) is 48.3 Å². The Hall–Kier alpha value is -1.56. The Morgan fingerprint density at radius 3 is 2.70 bits per heavy atom. The number of carbonyl (C=O) groups excluding carboxylic acids is 1. The first-order valence-electron chi connectivity index (χ1n) is 9.35. The van der Waals surface area contributed by atoms with Gasteiger partial charge in [-0.1, -0.05) is 17.7 Å². The summed E-state index contributed by atoms with van der Waals surface area (Å²) in [6.45, 7) is 5.45. The molecule has 2 N–H and O–H groups in total. The van der Waals surface area contributed by atoms with Crippen LogP contribution in [0.4, 0.5) is 0 Å². The van der Waals surface area contributed by atoms with Crippen molar-refractivity contribution in [3.63, 3.8) is 0 Å². The summed E-state index contributed by atoms with van der Waals surface area (Å²) < 4.78 is 1.90. The average Bonchev–Trinajstić information content (AvgIpc) is 3.25. The highest BCUT2D eigenvalue weighted by Crippen LogP contribution is 2.43. The number of aryl methyl sites for hydroxylation is 1. The van der Waals surface area contributed by atoms with Crippen LogP contribution in [0.25, 0.3) is 5.69 Å². The van der Waals surface area contributed by atoms with Crippen molar-refractivity contribution in [2.45, 2.75) is 45.1 Å². The quantitative estimate of drug-likeness (QED) is 0.832. The molecule has 2 unspecified atom stereocenters. The van der Waals surface area contributed by atoms with E-state index in [4.69, 9.17) is 17.3 Å². The number of likely N-dealkylation sites (tertiary alicyclic amines) is 1. The van der Waals surface area contributed by atoms with Crippen molar-refractivity contribution in [1.82, 2.24) is 14.7 Å². The van der Waals surface area contributed by atoms with Crippen LogP contribution in [0.5, 0.6) is 0 Å². The Kier molecular flexibility index (Phi) is 5.84. The molecule has 0 radical (unpaired) electrons. The number of rotatable bonds is 4. The highest BCUT2D eigenvalue weighted by atomic mass is 35.5. The number of hydrogen-bond donors (Lipinski definition) is 1. The Morgan fingerprint density at radius 1 is 1.37 bits per heavy atom. The van der Waals surface area contributed by atoms with E-state index in [2.05, 4.69) is 12.0 Å². The number of benzene rings is 1. The molecule has 0 bridgehead atoms. The highest BCUT2D eigenvalue weighted by molar-refractivity contribution is 6.31. The smallest absolute Gasteiger partial charge is 0.257 e. The van der Waals surface area contributed by atoms with Crippen LogP contribution in [0.15, 0.2) is 24.4 Å². The summed E-state index contributed by atoms with van der Waals surface area (Å²) in [5.41, 5.74) is 9.53. The topological polar surface area (TPSA) is 64.2 Å². The van der Waals surface area contributed by atoms with Gasteiger partial charge in [0.15, 0.2) is 0 Å². The minimum Gasteiger partial charge on any atom is -0.335 e. The summed E-state index contributed by atoms with van der Waals surface area (Å²) in [6, 6.07) is 6.15. The van der Waals surface area contributed by atoms with Crippen LogP contribution in [-0.4, -0.2) is 39.7 Å². The largest absolute Gasteiger partial charge is 0.335 e. The predicted octanol–water partition coefficient (Wildman–Crippen LogP) is 3.94. The van der Waals surface area contributed by atoms with Crippen LogP contribution >= 0.6 is 24.0 Å². The highest BCUT2D eigenvalue weighted by Gasteiger charge is 2.38. The maximum atomic E-state index is 13.2. The summed E-state index contributed by atoms with van der Waals surface area (Å²) in [5, 5.41) is 5.28. The van der Waals surface area contributed by atoms with Crippen LogP contribution in [0.3, 0.4) is 0 Å². The third-order valence-corrected chi connectivity index (χ3v) is 6.06. The SMILES string of the molecule is Cc1ccc(-n2ncc(C(=O)N3CC(CN)CC3C)c2C2CC2)cc1Cl.Cl. The zero-order valence-corrected chi connectivity index (χ0v) is 17.3. The molecule has 2 aromatic rings. The molecule has 2 atom stereocenters. The maximum absolute atomic E-state index is 13.2. The Balaban J connectivity index is 0.00000210. The molecule has 4 rings (SSSR count). The molecule has 27 heavy (non-hydrogen) atoms. The summed E-state index contributed by atoms with van der Waals surface area (Å²) in [6.07, 6.45) is 4.91. The van der Waals surface area contributed by atoms with E-state index in [9.17, 15) is 4.79 Å². The van der Waals surface area contributed by atoms with Gasteiger partial charge >= 0.3 is 0 Å². The number of amides is 1. The number of aromatic nitrogens is 2. The van der Waals surface area contributed by atoms with Crippen molar-refractivity contribution in [3.8, 4) is 5.69 Å². The number of hydrogen-bond acceptors (Lipinski definition) is 3. The molecule has 7 heteroatoms. The van der Waals surface area contributed by atoms with Gasteiger partial charge in [0.25, 0.3) is 5.91 Å². The lowest BCUT2D eigenvalue weighted by molar-refractivity contribution is 0.0742. The van der Waals surface area contributed by atoms with Gasteiger partial charge in [0, 0.05) is 23.5 Å². The molecular weight excluding hydrogens is 383 g/mol. The minimum atomic E-state index is 0. The molecule has 1 saturated heterocycles. The summed E-state index contributed by atoms with van der Waals surface area (Å²) in [5.74, 6) is 0.879. The number of nitrogens with zero attached hydrogens (tertiary/aromatic N) is 3. The Labute approximate surface area is 171 Å². The summed E-state index contributed by atoms with van der Waals surface area (Å²) >= 11 is 6.31. The van der Waals surface area contributed by atoms with Gasteiger partial charge < -0.3 is 10.6 Å². The van der Waals surface area contributed by atoms with Gasteiger partial charge in [-0.3, -0.25) is 4.79 Å². The Morgan fingerprint density at radius 2 is 2.11 bits per heavy atom. The molecule has 2 aliphatic rings. The molecule has 1 amide bonds. The zero-order chi connectivity index (χ0) is 18.4. The monoisotopic (exact) mass is 408 g/mol. The predicted molar refractivity (Wildman–Crippen MR) is 110 cm³/mol.